The molecule has 1 aromatic rings. The number of hydrogen-bond donors (Lipinski definition) is 3. The largest absolute Gasteiger partial charge is 0.396 e. The van der Waals surface area contributed by atoms with Crippen molar-refractivity contribution in [3.05, 3.63) is 5.82 Å². The standard InChI is InChI=1S/C13H22N6O3/c1-9-4-2-3-5-10(9)14-13(22)15-12(21)8-19-11(6-7-20)16-17-18-19/h9-10,20H,2-8H2,1H3,(H2,14,15,21,22)/t9-,10-/m1/s1. The summed E-state index contributed by atoms with van der Waals surface area (Å²) < 4.78 is 1.27. The quantitative estimate of drug-likeness (QED) is 0.681. The zero-order valence-corrected chi connectivity index (χ0v) is 12.7. The summed E-state index contributed by atoms with van der Waals surface area (Å²) in [6, 6.07) is -0.375. The van der Waals surface area contributed by atoms with E-state index in [0.717, 1.165) is 19.3 Å². The van der Waals surface area contributed by atoms with E-state index in [1.807, 2.05) is 0 Å². The predicted octanol–water partition coefficient (Wildman–Crippen LogP) is -0.388. The summed E-state index contributed by atoms with van der Waals surface area (Å²) in [6.07, 6.45) is 4.57. The Morgan fingerprint density at radius 1 is 1.36 bits per heavy atom. The number of hydrogen-bond acceptors (Lipinski definition) is 6. The summed E-state index contributed by atoms with van der Waals surface area (Å²) >= 11 is 0. The number of carbonyl (C=O) groups is 2. The van der Waals surface area contributed by atoms with Crippen LogP contribution in [0.4, 0.5) is 4.79 Å². The Kier molecular flexibility index (Phi) is 5.82. The van der Waals surface area contributed by atoms with Gasteiger partial charge in [0.25, 0.3) is 0 Å². The number of imide groups is 1. The highest BCUT2D eigenvalue weighted by Gasteiger charge is 2.23. The Morgan fingerprint density at radius 3 is 2.86 bits per heavy atom. The Balaban J connectivity index is 1.81. The van der Waals surface area contributed by atoms with E-state index in [1.54, 1.807) is 0 Å². The maximum Gasteiger partial charge on any atom is 0.321 e. The fourth-order valence-corrected chi connectivity index (χ4v) is 2.66. The van der Waals surface area contributed by atoms with Crippen LogP contribution in [-0.2, 0) is 17.8 Å². The molecule has 0 unspecified atom stereocenters. The summed E-state index contributed by atoms with van der Waals surface area (Å²) in [5, 5.41) is 24.8. The van der Waals surface area contributed by atoms with Gasteiger partial charge in [-0.2, -0.15) is 0 Å². The summed E-state index contributed by atoms with van der Waals surface area (Å²) in [6.45, 7) is 1.84. The van der Waals surface area contributed by atoms with Crippen molar-refractivity contribution in [2.45, 2.75) is 51.6 Å². The predicted molar refractivity (Wildman–Crippen MR) is 76.7 cm³/mol. The van der Waals surface area contributed by atoms with E-state index >= 15 is 0 Å². The van der Waals surface area contributed by atoms with Gasteiger partial charge in [0, 0.05) is 12.5 Å². The van der Waals surface area contributed by atoms with Crippen LogP contribution < -0.4 is 10.6 Å². The summed E-state index contributed by atoms with van der Waals surface area (Å²) in [5.74, 6) is 0.330. The van der Waals surface area contributed by atoms with E-state index < -0.39 is 11.9 Å². The number of urea groups is 1. The average Bonchev–Trinajstić information content (AvgIpc) is 2.89. The molecule has 9 nitrogen and oxygen atoms in total. The first-order valence-electron chi connectivity index (χ1n) is 7.56. The lowest BCUT2D eigenvalue weighted by atomic mass is 9.86. The zero-order chi connectivity index (χ0) is 15.9. The molecule has 1 saturated carbocycles. The number of nitrogens with zero attached hydrogens (tertiary/aromatic N) is 4. The van der Waals surface area contributed by atoms with Crippen LogP contribution in [-0.4, -0.2) is 49.9 Å². The smallest absolute Gasteiger partial charge is 0.321 e. The van der Waals surface area contributed by atoms with Crippen LogP contribution in [0.5, 0.6) is 0 Å². The van der Waals surface area contributed by atoms with Crippen molar-refractivity contribution in [2.24, 2.45) is 5.92 Å². The normalized spacial score (nSPS) is 21.4. The number of amides is 3. The lowest BCUT2D eigenvalue weighted by molar-refractivity contribution is -0.120. The Morgan fingerprint density at radius 2 is 2.14 bits per heavy atom. The highest BCUT2D eigenvalue weighted by molar-refractivity contribution is 5.94. The summed E-state index contributed by atoms with van der Waals surface area (Å²) in [7, 11) is 0. The molecule has 2 rings (SSSR count). The van der Waals surface area contributed by atoms with Crippen LogP contribution >= 0.6 is 0 Å². The molecule has 0 saturated heterocycles. The molecule has 0 aromatic carbocycles. The molecule has 1 aliphatic carbocycles. The van der Waals surface area contributed by atoms with E-state index in [-0.39, 0.29) is 25.6 Å². The molecule has 22 heavy (non-hydrogen) atoms. The van der Waals surface area contributed by atoms with E-state index in [9.17, 15) is 9.59 Å². The molecule has 3 N–H and O–H groups in total. The summed E-state index contributed by atoms with van der Waals surface area (Å²) in [5.41, 5.74) is 0. The van der Waals surface area contributed by atoms with Crippen LogP contribution in [0.15, 0.2) is 0 Å². The fraction of sp³-hybridized carbons (Fsp3) is 0.769. The maximum absolute atomic E-state index is 11.9. The minimum Gasteiger partial charge on any atom is -0.396 e. The Hall–Kier alpha value is -2.03. The third-order valence-corrected chi connectivity index (χ3v) is 3.92. The first kappa shape index (κ1) is 16.3. The first-order chi connectivity index (χ1) is 10.6. The second kappa shape index (κ2) is 7.83. The molecule has 1 aromatic heterocycles. The monoisotopic (exact) mass is 310 g/mol. The van der Waals surface area contributed by atoms with Gasteiger partial charge >= 0.3 is 6.03 Å². The van der Waals surface area contributed by atoms with Gasteiger partial charge in [0.05, 0.1) is 6.61 Å². The highest BCUT2D eigenvalue weighted by atomic mass is 16.3. The maximum atomic E-state index is 11.9. The molecule has 0 radical (unpaired) electrons. The van der Waals surface area contributed by atoms with Gasteiger partial charge in [-0.15, -0.1) is 5.10 Å². The number of aromatic nitrogens is 4. The van der Waals surface area contributed by atoms with Crippen LogP contribution in [0.2, 0.25) is 0 Å². The van der Waals surface area contributed by atoms with Crippen molar-refractivity contribution < 1.29 is 14.7 Å². The molecule has 2 atom stereocenters. The van der Waals surface area contributed by atoms with Crippen LogP contribution in [0.25, 0.3) is 0 Å². The van der Waals surface area contributed by atoms with Gasteiger partial charge in [-0.05, 0) is 29.2 Å². The van der Waals surface area contributed by atoms with Crippen molar-refractivity contribution in [3.63, 3.8) is 0 Å². The first-order valence-corrected chi connectivity index (χ1v) is 7.56. The van der Waals surface area contributed by atoms with E-state index in [4.69, 9.17) is 5.11 Å². The van der Waals surface area contributed by atoms with Crippen molar-refractivity contribution in [2.75, 3.05) is 6.61 Å². The van der Waals surface area contributed by atoms with Crippen molar-refractivity contribution >= 4 is 11.9 Å². The number of nitrogens with one attached hydrogen (secondary N) is 2. The van der Waals surface area contributed by atoms with Crippen LogP contribution in [0.1, 0.15) is 38.4 Å². The molecule has 1 heterocycles. The molecule has 0 aliphatic heterocycles. The molecule has 3 amide bonds. The van der Waals surface area contributed by atoms with E-state index in [0.29, 0.717) is 11.7 Å². The molecule has 1 fully saturated rings. The van der Waals surface area contributed by atoms with Gasteiger partial charge in [0.2, 0.25) is 5.91 Å². The van der Waals surface area contributed by atoms with Gasteiger partial charge in [0.1, 0.15) is 6.54 Å². The fourth-order valence-electron chi connectivity index (χ4n) is 2.66. The lowest BCUT2D eigenvalue weighted by Gasteiger charge is -2.29. The minimum atomic E-state index is -0.493. The number of aliphatic hydroxyl groups is 1. The second-order valence-corrected chi connectivity index (χ2v) is 5.62. The zero-order valence-electron chi connectivity index (χ0n) is 12.7. The number of aliphatic hydroxyl groups excluding tert-OH is 1. The van der Waals surface area contributed by atoms with Gasteiger partial charge in [-0.25, -0.2) is 9.48 Å². The SMILES string of the molecule is C[C@@H]1CCCC[C@H]1NC(=O)NC(=O)Cn1nnnc1CCO. The number of tetrazole rings is 1. The highest BCUT2D eigenvalue weighted by Crippen LogP contribution is 2.23. The summed E-state index contributed by atoms with van der Waals surface area (Å²) in [4.78, 5) is 23.7. The average molecular weight is 310 g/mol. The van der Waals surface area contributed by atoms with Crippen LogP contribution in [0, 0.1) is 5.92 Å². The molecular weight excluding hydrogens is 288 g/mol. The number of rotatable bonds is 5. The molecule has 1 aliphatic rings. The van der Waals surface area contributed by atoms with E-state index in [1.165, 1.54) is 11.1 Å². The molecular formula is C13H22N6O3. The molecule has 122 valence electrons. The van der Waals surface area contributed by atoms with Gasteiger partial charge in [0.15, 0.2) is 5.82 Å². The topological polar surface area (TPSA) is 122 Å². The third kappa shape index (κ3) is 4.48. The Bertz CT molecular complexity index is 518. The van der Waals surface area contributed by atoms with Crippen LogP contribution in [0.3, 0.4) is 0 Å². The van der Waals surface area contributed by atoms with Gasteiger partial charge in [-0.3, -0.25) is 10.1 Å². The molecule has 9 heteroatoms. The van der Waals surface area contributed by atoms with Crippen molar-refractivity contribution in [1.82, 2.24) is 30.8 Å². The van der Waals surface area contributed by atoms with Gasteiger partial charge in [-0.1, -0.05) is 19.8 Å². The number of carbonyl (C=O) groups excluding carboxylic acids is 2. The van der Waals surface area contributed by atoms with E-state index in [2.05, 4.69) is 33.1 Å². The lowest BCUT2D eigenvalue weighted by Crippen LogP contribution is -2.48. The third-order valence-electron chi connectivity index (χ3n) is 3.92. The van der Waals surface area contributed by atoms with Gasteiger partial charge < -0.3 is 10.4 Å². The second-order valence-electron chi connectivity index (χ2n) is 5.62. The van der Waals surface area contributed by atoms with Crippen molar-refractivity contribution in [3.8, 4) is 0 Å². The molecule has 0 spiro atoms. The minimum absolute atomic E-state index is 0.109. The molecule has 0 bridgehead atoms. The van der Waals surface area contributed by atoms with Crippen molar-refractivity contribution in [1.29, 1.82) is 0 Å². The Labute approximate surface area is 128 Å².